The van der Waals surface area contributed by atoms with Crippen LogP contribution in [0.3, 0.4) is 0 Å². The molecule has 0 saturated heterocycles. The maximum absolute atomic E-state index is 4.36. The van der Waals surface area contributed by atoms with Crippen LogP contribution in [0.5, 0.6) is 0 Å². The fourth-order valence-corrected chi connectivity index (χ4v) is 1.37. The van der Waals surface area contributed by atoms with E-state index in [-0.39, 0.29) is 0 Å². The second-order valence-corrected chi connectivity index (χ2v) is 3.05. The van der Waals surface area contributed by atoms with E-state index in [9.17, 15) is 0 Å². The van der Waals surface area contributed by atoms with Crippen molar-refractivity contribution in [3.05, 3.63) is 42.0 Å². The van der Waals surface area contributed by atoms with E-state index < -0.39 is 0 Å². The average Bonchev–Trinajstić information content (AvgIpc) is 2.47. The van der Waals surface area contributed by atoms with Crippen LogP contribution < -0.4 is 0 Å². The molecule has 2 heterocycles. The highest BCUT2D eigenvalue weighted by Gasteiger charge is 2.01. The SMILES string of the molecule is Cc1cc(C)n(-c2cccnc2)n1. The van der Waals surface area contributed by atoms with Crippen molar-refractivity contribution >= 4 is 0 Å². The van der Waals surface area contributed by atoms with Crippen LogP contribution in [-0.2, 0) is 0 Å². The molecular weight excluding hydrogens is 162 g/mol. The minimum Gasteiger partial charge on any atom is -0.262 e. The highest BCUT2D eigenvalue weighted by Crippen LogP contribution is 2.09. The Labute approximate surface area is 77.0 Å². The molecule has 0 unspecified atom stereocenters. The second kappa shape index (κ2) is 3.01. The maximum Gasteiger partial charge on any atom is 0.0831 e. The lowest BCUT2D eigenvalue weighted by Gasteiger charge is -2.01. The molecule has 66 valence electrons. The Morgan fingerprint density at radius 2 is 2.15 bits per heavy atom. The van der Waals surface area contributed by atoms with Crippen molar-refractivity contribution in [1.82, 2.24) is 14.8 Å². The molecule has 0 amide bonds. The molecule has 0 spiro atoms. The van der Waals surface area contributed by atoms with Crippen LogP contribution >= 0.6 is 0 Å². The molecule has 0 aliphatic carbocycles. The molecule has 0 bridgehead atoms. The lowest BCUT2D eigenvalue weighted by Crippen LogP contribution is -1.98. The summed E-state index contributed by atoms with van der Waals surface area (Å²) < 4.78 is 1.89. The normalized spacial score (nSPS) is 10.3. The van der Waals surface area contributed by atoms with Gasteiger partial charge in [-0.1, -0.05) is 0 Å². The Kier molecular flexibility index (Phi) is 1.85. The Balaban J connectivity index is 2.53. The monoisotopic (exact) mass is 173 g/mol. The lowest BCUT2D eigenvalue weighted by atomic mass is 10.4. The van der Waals surface area contributed by atoms with E-state index in [0.29, 0.717) is 0 Å². The number of pyridine rings is 1. The summed E-state index contributed by atoms with van der Waals surface area (Å²) in [7, 11) is 0. The topological polar surface area (TPSA) is 30.7 Å². The van der Waals surface area contributed by atoms with Crippen LogP contribution in [0.2, 0.25) is 0 Å². The van der Waals surface area contributed by atoms with Gasteiger partial charge >= 0.3 is 0 Å². The van der Waals surface area contributed by atoms with Crippen molar-refractivity contribution in [3.8, 4) is 5.69 Å². The van der Waals surface area contributed by atoms with Crippen molar-refractivity contribution in [2.24, 2.45) is 0 Å². The van der Waals surface area contributed by atoms with Gasteiger partial charge in [-0.3, -0.25) is 4.98 Å². The Morgan fingerprint density at radius 1 is 1.31 bits per heavy atom. The van der Waals surface area contributed by atoms with Gasteiger partial charge in [-0.2, -0.15) is 5.10 Å². The molecule has 0 fully saturated rings. The highest BCUT2D eigenvalue weighted by molar-refractivity contribution is 5.29. The summed E-state index contributed by atoms with van der Waals surface area (Å²) in [5.74, 6) is 0. The van der Waals surface area contributed by atoms with Gasteiger partial charge in [0.2, 0.25) is 0 Å². The summed E-state index contributed by atoms with van der Waals surface area (Å²) in [6.07, 6.45) is 3.56. The van der Waals surface area contributed by atoms with Crippen molar-refractivity contribution in [1.29, 1.82) is 0 Å². The summed E-state index contributed by atoms with van der Waals surface area (Å²) in [5, 5.41) is 4.36. The van der Waals surface area contributed by atoms with Gasteiger partial charge in [0.1, 0.15) is 0 Å². The Bertz CT molecular complexity index is 403. The van der Waals surface area contributed by atoms with E-state index in [1.54, 1.807) is 12.4 Å². The van der Waals surface area contributed by atoms with Crippen LogP contribution in [-0.4, -0.2) is 14.8 Å². The van der Waals surface area contributed by atoms with Crippen molar-refractivity contribution in [2.75, 3.05) is 0 Å². The molecule has 0 aliphatic heterocycles. The fourth-order valence-electron chi connectivity index (χ4n) is 1.37. The van der Waals surface area contributed by atoms with Crippen LogP contribution in [0.15, 0.2) is 30.6 Å². The quantitative estimate of drug-likeness (QED) is 0.659. The molecule has 0 aliphatic rings. The van der Waals surface area contributed by atoms with E-state index in [2.05, 4.69) is 10.1 Å². The minimum absolute atomic E-state index is 1.01. The molecule has 2 aromatic rings. The molecule has 0 radical (unpaired) electrons. The van der Waals surface area contributed by atoms with Crippen LogP contribution in [0, 0.1) is 13.8 Å². The summed E-state index contributed by atoms with van der Waals surface area (Å²) in [6, 6.07) is 5.95. The first kappa shape index (κ1) is 7.98. The first-order chi connectivity index (χ1) is 6.27. The molecule has 3 heteroatoms. The van der Waals surface area contributed by atoms with Crippen molar-refractivity contribution in [3.63, 3.8) is 0 Å². The number of aryl methyl sites for hydroxylation is 2. The number of hydrogen-bond donors (Lipinski definition) is 0. The summed E-state index contributed by atoms with van der Waals surface area (Å²) >= 11 is 0. The second-order valence-electron chi connectivity index (χ2n) is 3.05. The molecule has 3 nitrogen and oxygen atoms in total. The minimum atomic E-state index is 1.01. The Hall–Kier alpha value is -1.64. The number of aromatic nitrogens is 3. The average molecular weight is 173 g/mol. The van der Waals surface area contributed by atoms with Crippen LogP contribution in [0.1, 0.15) is 11.4 Å². The predicted octanol–water partition coefficient (Wildman–Crippen LogP) is 1.88. The molecular formula is C10H11N3. The Morgan fingerprint density at radius 3 is 2.69 bits per heavy atom. The molecule has 2 aromatic heterocycles. The molecule has 0 atom stereocenters. The maximum atomic E-state index is 4.36. The molecule has 0 N–H and O–H groups in total. The molecule has 0 aromatic carbocycles. The third-order valence-electron chi connectivity index (χ3n) is 1.90. The van der Waals surface area contributed by atoms with Crippen LogP contribution in [0.4, 0.5) is 0 Å². The van der Waals surface area contributed by atoms with Gasteiger partial charge in [-0.05, 0) is 32.0 Å². The zero-order chi connectivity index (χ0) is 9.26. The standard InChI is InChI=1S/C10H11N3/c1-8-6-9(2)13(12-8)10-4-3-5-11-7-10/h3-7H,1-2H3. The van der Waals surface area contributed by atoms with Gasteiger partial charge in [-0.25, -0.2) is 4.68 Å². The van der Waals surface area contributed by atoms with Gasteiger partial charge < -0.3 is 0 Å². The van der Waals surface area contributed by atoms with Gasteiger partial charge in [0.25, 0.3) is 0 Å². The molecule has 0 saturated carbocycles. The lowest BCUT2D eigenvalue weighted by molar-refractivity contribution is 0.828. The van der Waals surface area contributed by atoms with Gasteiger partial charge in [-0.15, -0.1) is 0 Å². The summed E-state index contributed by atoms with van der Waals surface area (Å²) in [4.78, 5) is 4.05. The van der Waals surface area contributed by atoms with Crippen molar-refractivity contribution < 1.29 is 0 Å². The third-order valence-corrected chi connectivity index (χ3v) is 1.90. The first-order valence-corrected chi connectivity index (χ1v) is 4.21. The van der Waals surface area contributed by atoms with Crippen LogP contribution in [0.25, 0.3) is 5.69 Å². The third kappa shape index (κ3) is 1.45. The summed E-state index contributed by atoms with van der Waals surface area (Å²) in [5.41, 5.74) is 3.17. The fraction of sp³-hybridized carbons (Fsp3) is 0.200. The smallest absolute Gasteiger partial charge is 0.0831 e. The molecule has 13 heavy (non-hydrogen) atoms. The number of rotatable bonds is 1. The predicted molar refractivity (Wildman–Crippen MR) is 50.8 cm³/mol. The first-order valence-electron chi connectivity index (χ1n) is 4.21. The van der Waals surface area contributed by atoms with E-state index in [1.807, 2.05) is 36.7 Å². The van der Waals surface area contributed by atoms with Gasteiger partial charge in [0, 0.05) is 11.9 Å². The van der Waals surface area contributed by atoms with E-state index in [4.69, 9.17) is 0 Å². The van der Waals surface area contributed by atoms with E-state index in [0.717, 1.165) is 17.1 Å². The largest absolute Gasteiger partial charge is 0.262 e. The van der Waals surface area contributed by atoms with Gasteiger partial charge in [0.05, 0.1) is 17.6 Å². The number of nitrogens with zero attached hydrogens (tertiary/aromatic N) is 3. The zero-order valence-corrected chi connectivity index (χ0v) is 7.73. The van der Waals surface area contributed by atoms with Crippen molar-refractivity contribution in [2.45, 2.75) is 13.8 Å². The highest BCUT2D eigenvalue weighted by atomic mass is 15.3. The summed E-state index contributed by atoms with van der Waals surface area (Å²) in [6.45, 7) is 4.02. The molecule has 2 rings (SSSR count). The van der Waals surface area contributed by atoms with E-state index in [1.165, 1.54) is 0 Å². The number of hydrogen-bond acceptors (Lipinski definition) is 2. The van der Waals surface area contributed by atoms with Gasteiger partial charge in [0.15, 0.2) is 0 Å². The van der Waals surface area contributed by atoms with E-state index >= 15 is 0 Å². The zero-order valence-electron chi connectivity index (χ0n) is 7.73.